The number of hydrogen-bond donors (Lipinski definition) is 1. The highest BCUT2D eigenvalue weighted by Crippen LogP contribution is 2.37. The van der Waals surface area contributed by atoms with Crippen LogP contribution in [0, 0.1) is 11.8 Å². The molecule has 1 aliphatic carbocycles. The third-order valence-electron chi connectivity index (χ3n) is 3.75. The van der Waals surface area contributed by atoms with Gasteiger partial charge in [-0.05, 0) is 37.5 Å². The van der Waals surface area contributed by atoms with Gasteiger partial charge in [0.05, 0.1) is 0 Å². The maximum atomic E-state index is 4.43. The summed E-state index contributed by atoms with van der Waals surface area (Å²) < 4.78 is 2.35. The molecule has 0 bridgehead atoms. The summed E-state index contributed by atoms with van der Waals surface area (Å²) in [5.74, 6) is 2.73. The Hall–Kier alpha value is -0.990. The van der Waals surface area contributed by atoms with Crippen LogP contribution in [-0.4, -0.2) is 16.1 Å². The van der Waals surface area contributed by atoms with Crippen LogP contribution in [-0.2, 0) is 0 Å². The van der Waals surface area contributed by atoms with Crippen LogP contribution < -0.4 is 5.32 Å². The third kappa shape index (κ3) is 3.02. The Morgan fingerprint density at radius 3 is 2.65 bits per heavy atom. The van der Waals surface area contributed by atoms with Crippen LogP contribution in [0.2, 0.25) is 0 Å². The van der Waals surface area contributed by atoms with Crippen molar-refractivity contribution >= 4 is 5.95 Å². The molecule has 0 saturated heterocycles. The summed E-state index contributed by atoms with van der Waals surface area (Å²) in [4.78, 5) is 4.43. The van der Waals surface area contributed by atoms with E-state index in [1.165, 1.54) is 19.3 Å². The summed E-state index contributed by atoms with van der Waals surface area (Å²) in [6, 6.07) is 0.635. The topological polar surface area (TPSA) is 29.9 Å². The van der Waals surface area contributed by atoms with Gasteiger partial charge in [-0.2, -0.15) is 0 Å². The van der Waals surface area contributed by atoms with E-state index in [0.717, 1.165) is 30.7 Å². The molecule has 2 unspecified atom stereocenters. The number of imidazole rings is 1. The van der Waals surface area contributed by atoms with Crippen LogP contribution >= 0.6 is 0 Å². The first-order valence-corrected chi connectivity index (χ1v) is 6.97. The van der Waals surface area contributed by atoms with Gasteiger partial charge in [-0.1, -0.05) is 20.8 Å². The summed E-state index contributed by atoms with van der Waals surface area (Å²) >= 11 is 0. The number of rotatable bonds is 4. The van der Waals surface area contributed by atoms with Crippen molar-refractivity contribution in [1.82, 2.24) is 9.55 Å². The molecular weight excluding hydrogens is 210 g/mol. The fourth-order valence-electron chi connectivity index (χ4n) is 3.11. The average Bonchev–Trinajstić information content (AvgIpc) is 2.73. The number of aromatic nitrogens is 2. The van der Waals surface area contributed by atoms with Gasteiger partial charge in [0.15, 0.2) is 0 Å². The van der Waals surface area contributed by atoms with E-state index in [1.807, 2.05) is 6.20 Å². The zero-order chi connectivity index (χ0) is 12.3. The Morgan fingerprint density at radius 2 is 2.00 bits per heavy atom. The first-order valence-electron chi connectivity index (χ1n) is 6.97. The highest BCUT2D eigenvalue weighted by Gasteiger charge is 2.26. The molecule has 1 aromatic rings. The van der Waals surface area contributed by atoms with E-state index in [4.69, 9.17) is 0 Å². The minimum absolute atomic E-state index is 0.635. The van der Waals surface area contributed by atoms with Crippen molar-refractivity contribution in [2.45, 2.75) is 52.5 Å². The van der Waals surface area contributed by atoms with Gasteiger partial charge in [-0.15, -0.1) is 0 Å². The summed E-state index contributed by atoms with van der Waals surface area (Å²) in [5.41, 5.74) is 0. The van der Waals surface area contributed by atoms with Crippen LogP contribution in [0.25, 0.3) is 0 Å². The molecule has 1 aliphatic rings. The molecule has 3 heteroatoms. The molecular formula is C14H25N3. The van der Waals surface area contributed by atoms with Gasteiger partial charge in [0.25, 0.3) is 0 Å². The van der Waals surface area contributed by atoms with E-state index < -0.39 is 0 Å². The van der Waals surface area contributed by atoms with Gasteiger partial charge in [-0.25, -0.2) is 4.98 Å². The van der Waals surface area contributed by atoms with Crippen LogP contribution in [0.4, 0.5) is 5.95 Å². The van der Waals surface area contributed by atoms with E-state index in [-0.39, 0.29) is 0 Å². The van der Waals surface area contributed by atoms with Gasteiger partial charge in [0, 0.05) is 25.0 Å². The summed E-state index contributed by atoms with van der Waals surface area (Å²) in [7, 11) is 0. The number of hydrogen-bond acceptors (Lipinski definition) is 2. The fraction of sp³-hybridized carbons (Fsp3) is 0.786. The predicted octanol–water partition coefficient (Wildman–Crippen LogP) is 3.70. The van der Waals surface area contributed by atoms with Gasteiger partial charge in [0.1, 0.15) is 0 Å². The number of nitrogens with zero attached hydrogens (tertiary/aromatic N) is 2. The predicted molar refractivity (Wildman–Crippen MR) is 72.2 cm³/mol. The second kappa shape index (κ2) is 5.56. The van der Waals surface area contributed by atoms with Crippen LogP contribution in [0.15, 0.2) is 12.4 Å². The lowest BCUT2D eigenvalue weighted by Crippen LogP contribution is -2.23. The first kappa shape index (κ1) is 12.5. The van der Waals surface area contributed by atoms with E-state index in [2.05, 4.69) is 41.8 Å². The molecule has 2 rings (SSSR count). The first-order chi connectivity index (χ1) is 8.20. The third-order valence-corrected chi connectivity index (χ3v) is 3.75. The minimum atomic E-state index is 0.635. The highest BCUT2D eigenvalue weighted by molar-refractivity contribution is 5.26. The van der Waals surface area contributed by atoms with Crippen molar-refractivity contribution in [1.29, 1.82) is 0 Å². The van der Waals surface area contributed by atoms with E-state index in [9.17, 15) is 0 Å². The van der Waals surface area contributed by atoms with E-state index in [0.29, 0.717) is 6.04 Å². The van der Waals surface area contributed by atoms with Crippen molar-refractivity contribution in [2.24, 2.45) is 11.8 Å². The summed E-state index contributed by atoms with van der Waals surface area (Å²) in [6.45, 7) is 7.94. The fourth-order valence-corrected chi connectivity index (χ4v) is 3.11. The lowest BCUT2D eigenvalue weighted by atomic mass is 9.80. The summed E-state index contributed by atoms with van der Waals surface area (Å²) in [5, 5.41) is 3.42. The SMILES string of the molecule is CCCNc1nccn1C1CC(C)CC(C)C1. The quantitative estimate of drug-likeness (QED) is 0.862. The van der Waals surface area contributed by atoms with Gasteiger partial charge in [0.2, 0.25) is 5.95 Å². The molecule has 0 radical (unpaired) electrons. The molecule has 1 aromatic heterocycles. The van der Waals surface area contributed by atoms with E-state index in [1.54, 1.807) is 0 Å². The van der Waals surface area contributed by atoms with E-state index >= 15 is 0 Å². The van der Waals surface area contributed by atoms with Crippen LogP contribution in [0.5, 0.6) is 0 Å². The zero-order valence-electron chi connectivity index (χ0n) is 11.3. The van der Waals surface area contributed by atoms with Gasteiger partial charge < -0.3 is 9.88 Å². The highest BCUT2D eigenvalue weighted by atomic mass is 15.2. The van der Waals surface area contributed by atoms with Crippen LogP contribution in [0.1, 0.15) is 52.5 Å². The zero-order valence-corrected chi connectivity index (χ0v) is 11.3. The monoisotopic (exact) mass is 235 g/mol. The summed E-state index contributed by atoms with van der Waals surface area (Å²) in [6.07, 6.45) is 9.16. The van der Waals surface area contributed by atoms with Crippen molar-refractivity contribution < 1.29 is 0 Å². The van der Waals surface area contributed by atoms with Crippen LogP contribution in [0.3, 0.4) is 0 Å². The minimum Gasteiger partial charge on any atom is -0.356 e. The van der Waals surface area contributed by atoms with Crippen molar-refractivity contribution in [3.05, 3.63) is 12.4 Å². The van der Waals surface area contributed by atoms with Gasteiger partial charge in [-0.3, -0.25) is 0 Å². The molecule has 1 saturated carbocycles. The molecule has 0 spiro atoms. The second-order valence-electron chi connectivity index (χ2n) is 5.66. The Balaban J connectivity index is 2.07. The molecule has 3 nitrogen and oxygen atoms in total. The largest absolute Gasteiger partial charge is 0.356 e. The maximum Gasteiger partial charge on any atom is 0.203 e. The normalized spacial score (nSPS) is 29.2. The Labute approximate surface area is 105 Å². The molecule has 1 fully saturated rings. The standard InChI is InChI=1S/C14H25N3/c1-4-5-15-14-16-6-7-17(14)13-9-11(2)8-12(3)10-13/h6-7,11-13H,4-5,8-10H2,1-3H3,(H,15,16). The van der Waals surface area contributed by atoms with Gasteiger partial charge >= 0.3 is 0 Å². The lowest BCUT2D eigenvalue weighted by molar-refractivity contribution is 0.223. The number of nitrogens with one attached hydrogen (secondary N) is 1. The average molecular weight is 235 g/mol. The molecule has 1 heterocycles. The maximum absolute atomic E-state index is 4.43. The molecule has 0 aliphatic heterocycles. The molecule has 0 amide bonds. The van der Waals surface area contributed by atoms with Crippen molar-refractivity contribution in [2.75, 3.05) is 11.9 Å². The molecule has 0 aromatic carbocycles. The lowest BCUT2D eigenvalue weighted by Gasteiger charge is -2.33. The molecule has 96 valence electrons. The molecule has 2 atom stereocenters. The Morgan fingerprint density at radius 1 is 1.29 bits per heavy atom. The Kier molecular flexibility index (Phi) is 4.08. The second-order valence-corrected chi connectivity index (χ2v) is 5.66. The molecule has 17 heavy (non-hydrogen) atoms. The number of anilines is 1. The van der Waals surface area contributed by atoms with Crippen molar-refractivity contribution in [3.63, 3.8) is 0 Å². The molecule has 1 N–H and O–H groups in total. The van der Waals surface area contributed by atoms with Crippen molar-refractivity contribution in [3.8, 4) is 0 Å². The Bertz CT molecular complexity index is 335. The smallest absolute Gasteiger partial charge is 0.203 e.